The molecule has 0 bridgehead atoms. The third-order valence-corrected chi connectivity index (χ3v) is 6.19. The highest BCUT2D eigenvalue weighted by Crippen LogP contribution is 2.24. The van der Waals surface area contributed by atoms with Crippen LogP contribution in [0, 0.1) is 20.8 Å². The molecule has 3 heterocycles. The molecule has 1 amide bonds. The number of hydrogen-bond donors (Lipinski definition) is 0. The summed E-state index contributed by atoms with van der Waals surface area (Å²) in [5.74, 6) is -0.0655. The van der Waals surface area contributed by atoms with Crippen LogP contribution in [-0.4, -0.2) is 60.3 Å². The van der Waals surface area contributed by atoms with Gasteiger partial charge in [0.15, 0.2) is 0 Å². The third kappa shape index (κ3) is 4.25. The van der Waals surface area contributed by atoms with Gasteiger partial charge < -0.3 is 19.1 Å². The Kier molecular flexibility index (Phi) is 6.28. The first kappa shape index (κ1) is 22.0. The van der Waals surface area contributed by atoms with E-state index in [1.807, 2.05) is 17.9 Å². The minimum atomic E-state index is -0.152. The standard InChI is InChI=1S/C25H30N4O3/c1-17-5-6-18(2)23(15-17)27-9-11-29(12-10-27)24(30)20-16-21-22(26-19(20)3)7-8-28(25(21)31)13-14-32-4/h5-8,15-16H,9-14H2,1-4H3. The van der Waals surface area contributed by atoms with Crippen LogP contribution in [0.5, 0.6) is 0 Å². The minimum absolute atomic E-state index is 0.0655. The molecule has 1 aliphatic rings. The number of piperazine rings is 1. The maximum absolute atomic E-state index is 13.3. The summed E-state index contributed by atoms with van der Waals surface area (Å²) in [6.45, 7) is 9.78. The van der Waals surface area contributed by atoms with Gasteiger partial charge in [0.25, 0.3) is 11.5 Å². The van der Waals surface area contributed by atoms with Crippen LogP contribution in [0.3, 0.4) is 0 Å². The Morgan fingerprint density at radius 3 is 2.53 bits per heavy atom. The summed E-state index contributed by atoms with van der Waals surface area (Å²) in [6, 6.07) is 10.0. The summed E-state index contributed by atoms with van der Waals surface area (Å²) in [5, 5.41) is 0.464. The molecule has 0 N–H and O–H groups in total. The van der Waals surface area contributed by atoms with Crippen molar-refractivity contribution < 1.29 is 9.53 Å². The van der Waals surface area contributed by atoms with Crippen molar-refractivity contribution in [3.8, 4) is 0 Å². The van der Waals surface area contributed by atoms with E-state index >= 15 is 0 Å². The second-order valence-corrected chi connectivity index (χ2v) is 8.43. The van der Waals surface area contributed by atoms with E-state index in [1.165, 1.54) is 16.8 Å². The van der Waals surface area contributed by atoms with Crippen LogP contribution in [0.2, 0.25) is 0 Å². The number of methoxy groups -OCH3 is 1. The van der Waals surface area contributed by atoms with E-state index in [9.17, 15) is 9.59 Å². The van der Waals surface area contributed by atoms with Crippen molar-refractivity contribution in [3.63, 3.8) is 0 Å². The molecule has 4 rings (SSSR count). The molecule has 3 aromatic rings. The maximum Gasteiger partial charge on any atom is 0.260 e. The number of hydrogen-bond acceptors (Lipinski definition) is 5. The number of pyridine rings is 2. The third-order valence-electron chi connectivity index (χ3n) is 6.19. The molecule has 7 heteroatoms. The Bertz CT molecular complexity index is 1210. The van der Waals surface area contributed by atoms with E-state index in [0.717, 1.165) is 13.1 Å². The molecule has 0 unspecified atom stereocenters. The van der Waals surface area contributed by atoms with Crippen LogP contribution in [-0.2, 0) is 11.3 Å². The van der Waals surface area contributed by atoms with E-state index in [-0.39, 0.29) is 11.5 Å². The fraction of sp³-hybridized carbons (Fsp3) is 0.400. The molecular formula is C25H30N4O3. The van der Waals surface area contributed by atoms with Gasteiger partial charge in [-0.3, -0.25) is 14.6 Å². The topological polar surface area (TPSA) is 67.7 Å². The van der Waals surface area contributed by atoms with E-state index in [4.69, 9.17) is 4.74 Å². The fourth-order valence-electron chi connectivity index (χ4n) is 4.27. The summed E-state index contributed by atoms with van der Waals surface area (Å²) in [5.41, 5.74) is 5.32. The maximum atomic E-state index is 13.3. The highest BCUT2D eigenvalue weighted by molar-refractivity contribution is 5.98. The molecule has 1 saturated heterocycles. The zero-order valence-corrected chi connectivity index (χ0v) is 19.2. The molecular weight excluding hydrogens is 404 g/mol. The van der Waals surface area contributed by atoms with Gasteiger partial charge in [0.2, 0.25) is 0 Å². The lowest BCUT2D eigenvalue weighted by Crippen LogP contribution is -2.49. The molecule has 0 saturated carbocycles. The molecule has 7 nitrogen and oxygen atoms in total. The van der Waals surface area contributed by atoms with Gasteiger partial charge in [0.1, 0.15) is 0 Å². The van der Waals surface area contributed by atoms with Crippen molar-refractivity contribution in [1.29, 1.82) is 0 Å². The van der Waals surface area contributed by atoms with Crippen LogP contribution in [0.4, 0.5) is 5.69 Å². The highest BCUT2D eigenvalue weighted by Gasteiger charge is 2.25. The second kappa shape index (κ2) is 9.12. The van der Waals surface area contributed by atoms with Crippen LogP contribution < -0.4 is 10.5 Å². The molecule has 0 spiro atoms. The van der Waals surface area contributed by atoms with Gasteiger partial charge in [0.05, 0.1) is 28.8 Å². The molecule has 1 fully saturated rings. The quantitative estimate of drug-likeness (QED) is 0.618. The monoisotopic (exact) mass is 434 g/mol. The number of benzene rings is 1. The molecule has 0 atom stereocenters. The van der Waals surface area contributed by atoms with Crippen LogP contribution in [0.25, 0.3) is 10.9 Å². The molecule has 0 aliphatic carbocycles. The molecule has 1 aliphatic heterocycles. The van der Waals surface area contributed by atoms with E-state index < -0.39 is 0 Å². The lowest BCUT2D eigenvalue weighted by atomic mass is 10.1. The number of rotatable bonds is 5. The minimum Gasteiger partial charge on any atom is -0.383 e. The van der Waals surface area contributed by atoms with Crippen molar-refractivity contribution >= 4 is 22.5 Å². The van der Waals surface area contributed by atoms with E-state index in [0.29, 0.717) is 48.4 Å². The molecule has 0 radical (unpaired) electrons. The van der Waals surface area contributed by atoms with Gasteiger partial charge in [-0.05, 0) is 50.1 Å². The second-order valence-electron chi connectivity index (χ2n) is 8.43. The van der Waals surface area contributed by atoms with Crippen molar-refractivity contribution in [2.24, 2.45) is 0 Å². The van der Waals surface area contributed by atoms with Crippen molar-refractivity contribution in [2.45, 2.75) is 27.3 Å². The molecule has 2 aromatic heterocycles. The number of carbonyl (C=O) groups excluding carboxylic acids is 1. The Hall–Kier alpha value is -3.19. The predicted molar refractivity (Wildman–Crippen MR) is 127 cm³/mol. The number of carbonyl (C=O) groups is 1. The van der Waals surface area contributed by atoms with Crippen molar-refractivity contribution in [2.75, 3.05) is 44.8 Å². The summed E-state index contributed by atoms with van der Waals surface area (Å²) in [7, 11) is 1.60. The SMILES string of the molecule is COCCn1ccc2nc(C)c(C(=O)N3CCN(c4cc(C)ccc4C)CC3)cc2c1=O. The molecule has 168 valence electrons. The number of nitrogens with zero attached hydrogens (tertiary/aromatic N) is 4. The number of amides is 1. The number of ether oxygens (including phenoxy) is 1. The van der Waals surface area contributed by atoms with Gasteiger partial charge in [-0.15, -0.1) is 0 Å². The van der Waals surface area contributed by atoms with E-state index in [1.54, 1.807) is 23.9 Å². The van der Waals surface area contributed by atoms with Gasteiger partial charge in [-0.25, -0.2) is 0 Å². The molecule has 1 aromatic carbocycles. The van der Waals surface area contributed by atoms with Crippen LogP contribution >= 0.6 is 0 Å². The Morgan fingerprint density at radius 2 is 1.81 bits per heavy atom. The normalized spacial score (nSPS) is 14.2. The first-order valence-electron chi connectivity index (χ1n) is 11.0. The summed E-state index contributed by atoms with van der Waals surface area (Å²) < 4.78 is 6.68. The summed E-state index contributed by atoms with van der Waals surface area (Å²) >= 11 is 0. The smallest absolute Gasteiger partial charge is 0.260 e. The Morgan fingerprint density at radius 1 is 1.06 bits per heavy atom. The Labute approximate surface area is 188 Å². The largest absolute Gasteiger partial charge is 0.383 e. The van der Waals surface area contributed by atoms with Crippen LogP contribution in [0.15, 0.2) is 41.3 Å². The number of aromatic nitrogens is 2. The van der Waals surface area contributed by atoms with Gasteiger partial charge >= 0.3 is 0 Å². The van der Waals surface area contributed by atoms with Gasteiger partial charge in [-0.1, -0.05) is 12.1 Å². The van der Waals surface area contributed by atoms with E-state index in [2.05, 4.69) is 41.9 Å². The molecule has 32 heavy (non-hydrogen) atoms. The van der Waals surface area contributed by atoms with Gasteiger partial charge in [0, 0.05) is 51.7 Å². The number of fused-ring (bicyclic) bond motifs is 1. The number of anilines is 1. The first-order chi connectivity index (χ1) is 15.4. The van der Waals surface area contributed by atoms with Crippen molar-refractivity contribution in [1.82, 2.24) is 14.5 Å². The highest BCUT2D eigenvalue weighted by atomic mass is 16.5. The van der Waals surface area contributed by atoms with Crippen LogP contribution in [0.1, 0.15) is 27.2 Å². The van der Waals surface area contributed by atoms with Crippen molar-refractivity contribution in [3.05, 3.63) is 69.3 Å². The fourth-order valence-corrected chi connectivity index (χ4v) is 4.27. The zero-order valence-electron chi connectivity index (χ0n) is 19.2. The average Bonchev–Trinajstić information content (AvgIpc) is 2.80. The lowest BCUT2D eigenvalue weighted by molar-refractivity contribution is 0.0745. The first-order valence-corrected chi connectivity index (χ1v) is 11.0. The summed E-state index contributed by atoms with van der Waals surface area (Å²) in [4.78, 5) is 35.0. The predicted octanol–water partition coefficient (Wildman–Crippen LogP) is 2.93. The zero-order chi connectivity index (χ0) is 22.8. The number of aryl methyl sites for hydroxylation is 3. The average molecular weight is 435 g/mol. The lowest BCUT2D eigenvalue weighted by Gasteiger charge is -2.37. The Balaban J connectivity index is 1.56. The van der Waals surface area contributed by atoms with Gasteiger partial charge in [-0.2, -0.15) is 0 Å². The summed E-state index contributed by atoms with van der Waals surface area (Å²) in [6.07, 6.45) is 1.73.